The van der Waals surface area contributed by atoms with Crippen molar-refractivity contribution in [3.05, 3.63) is 109 Å². The first kappa shape index (κ1) is 112. The van der Waals surface area contributed by atoms with Crippen molar-refractivity contribution in [3.63, 3.8) is 0 Å². The van der Waals surface area contributed by atoms with Gasteiger partial charge in [-0.25, -0.2) is 38.4 Å². The molecule has 35 nitrogen and oxygen atoms in total. The number of halogens is 2. The molecular weight excluding hydrogens is 1630 g/mol. The quantitative estimate of drug-likeness (QED) is 0.0310. The number of hydrogen-bond donors (Lipinski definition) is 10. The number of aliphatic hydroxyl groups excluding tert-OH is 3. The monoisotopic (exact) mass is 1780 g/mol. The van der Waals surface area contributed by atoms with Crippen molar-refractivity contribution in [3.8, 4) is 0 Å². The van der Waals surface area contributed by atoms with Gasteiger partial charge in [0.05, 0.1) is 104 Å². The lowest BCUT2D eigenvalue weighted by Crippen LogP contribution is -2.44. The lowest BCUT2D eigenvalue weighted by atomic mass is 10.2. The minimum atomic E-state index is -0.681. The van der Waals surface area contributed by atoms with Gasteiger partial charge in [-0.3, -0.25) is 14.9 Å². The normalized spacial score (nSPS) is 25.3. The number of nitrogens with one attached hydrogen (secondary N) is 4. The molecule has 37 heteroatoms. The number of nitrogens with zero attached hydrogens (tertiary/aromatic N) is 2. The molecule has 8 aliphatic carbocycles. The number of amides is 4. The number of non-ortho nitro benzene ring substituents is 1. The second-order valence-corrected chi connectivity index (χ2v) is 34.5. The molecule has 122 heavy (non-hydrogen) atoms. The van der Waals surface area contributed by atoms with Crippen LogP contribution >= 0.6 is 24.8 Å². The maximum Gasteiger partial charge on any atom is 0.408 e. The molecule has 1 aromatic carbocycles. The number of benzene rings is 1. The van der Waals surface area contributed by atoms with E-state index in [-0.39, 0.29) is 113 Å². The van der Waals surface area contributed by atoms with Gasteiger partial charge in [0.2, 0.25) is 0 Å². The standard InChI is InChI=1S/C17H22N2O6.C13H17NO4.C11H21NO3.2C10H19NO3.C7H6O4.2C6H13NO.C5H11NO.2ClH/c1-17(2,3)25-16(21)18-13-5-4-6-14(13)24-15(20)11-7-9-12(10-8-11)19(22)23;1-17-11-7-3-6-10(11)14-8-4-5-9(12(14)15)13(16)18-2;1-11(2,3)15-10(13)12-8-6-5-7-9(8)14-4;2*1-10(2,3)14-9(13)11-7-5-4-6-8(7)12;1-10-6(8)5-3-2-4-11-7(5)9;2*1-8-6-4-2-3-5(6)7;6-4-2-1-3-5(4)7;;/h7-10,13-14H,4-6H2,1-3H3,(H,18,21);4-5,8,10-11H,3,6-7H2,1-2H3;8-9H,5-7H2,1-4H3,(H,12,13);2*7-8,12H,4-6H2,1-3H3,(H,11,13);2-4H,1H3;2*5-6H,2-4,7H2,1H3;4-5,7H,1-3,6H2;2*1H/t13-,14+;10?,11-;8-,9+;7-,8+;7-,8-;;2*5-,6+;4-,5-;;/m01000.000../s1. The number of esters is 3. The summed E-state index contributed by atoms with van der Waals surface area (Å²) < 4.78 is 61.8. The van der Waals surface area contributed by atoms with Gasteiger partial charge in [-0.05, 0) is 274 Å². The minimum Gasteiger partial charge on any atom is -0.465 e. The van der Waals surface area contributed by atoms with Crippen molar-refractivity contribution in [2.75, 3.05) is 42.7 Å². The predicted octanol–water partition coefficient (Wildman–Crippen LogP) is 11.7. The van der Waals surface area contributed by atoms with Crippen LogP contribution in [0.15, 0.2) is 75.0 Å². The summed E-state index contributed by atoms with van der Waals surface area (Å²) in [5, 5.41) is 49.4. The van der Waals surface area contributed by atoms with E-state index in [2.05, 4.69) is 35.2 Å². The van der Waals surface area contributed by atoms with Crippen molar-refractivity contribution >= 4 is 72.8 Å². The molecule has 2 heterocycles. The van der Waals surface area contributed by atoms with Crippen LogP contribution in [0, 0.1) is 10.1 Å². The Balaban J connectivity index is 0.000000702. The molecule has 0 aliphatic heterocycles. The van der Waals surface area contributed by atoms with Crippen molar-refractivity contribution < 1.29 is 110 Å². The zero-order chi connectivity index (χ0) is 90.3. The summed E-state index contributed by atoms with van der Waals surface area (Å²) in [5.74, 6) is -1.85. The summed E-state index contributed by atoms with van der Waals surface area (Å²) in [6.45, 7) is 21.8. The van der Waals surface area contributed by atoms with Crippen molar-refractivity contribution in [1.82, 2.24) is 25.8 Å². The van der Waals surface area contributed by atoms with Crippen LogP contribution in [0.4, 0.5) is 24.9 Å². The number of ether oxygens (including phenoxy) is 11. The molecule has 8 aliphatic rings. The summed E-state index contributed by atoms with van der Waals surface area (Å²) in [7, 11) is 9.27. The Morgan fingerprint density at radius 2 is 0.770 bits per heavy atom. The van der Waals surface area contributed by atoms with Crippen LogP contribution in [-0.2, 0) is 52.1 Å². The Morgan fingerprint density at radius 1 is 0.426 bits per heavy atom. The fraction of sp³-hybridized carbons (Fsp3) is 0.729. The molecule has 1 unspecified atom stereocenters. The van der Waals surface area contributed by atoms with E-state index in [1.807, 2.05) is 62.3 Å². The number of aliphatic hydroxyl groups is 3. The Morgan fingerprint density at radius 3 is 1.11 bits per heavy atom. The summed E-state index contributed by atoms with van der Waals surface area (Å²) >= 11 is 0. The van der Waals surface area contributed by atoms with Gasteiger partial charge in [-0.15, -0.1) is 24.8 Å². The van der Waals surface area contributed by atoms with E-state index in [9.17, 15) is 63.5 Å². The number of hydrogen-bond acceptors (Lipinski definition) is 29. The molecule has 8 fully saturated rings. The van der Waals surface area contributed by atoms with E-state index in [4.69, 9.17) is 64.9 Å². The number of nitro groups is 1. The zero-order valence-electron chi connectivity index (χ0n) is 74.7. The Bertz CT molecular complexity index is 3630. The average Bonchev–Trinajstić information content (AvgIpc) is 1.50. The number of aromatic nitrogens is 1. The first-order chi connectivity index (χ1) is 56.3. The van der Waals surface area contributed by atoms with E-state index in [1.54, 1.807) is 66.0 Å². The Hall–Kier alpha value is -7.81. The second kappa shape index (κ2) is 56.2. The number of rotatable bonds is 14. The third-order valence-corrected chi connectivity index (χ3v) is 20.3. The van der Waals surface area contributed by atoms with Crippen molar-refractivity contribution in [1.29, 1.82) is 0 Å². The number of nitrogens with two attached hydrogens (primary N) is 3. The highest BCUT2D eigenvalue weighted by molar-refractivity contribution is 5.90. The van der Waals surface area contributed by atoms with Crippen LogP contribution in [0.1, 0.15) is 274 Å². The van der Waals surface area contributed by atoms with Gasteiger partial charge in [0.1, 0.15) is 39.6 Å². The maximum absolute atomic E-state index is 12.2. The molecule has 698 valence electrons. The molecule has 11 rings (SSSR count). The number of alkyl carbamates (subject to hydrolysis) is 4. The van der Waals surface area contributed by atoms with E-state index in [0.717, 1.165) is 128 Å². The smallest absolute Gasteiger partial charge is 0.408 e. The van der Waals surface area contributed by atoms with Gasteiger partial charge in [0.15, 0.2) is 0 Å². The third kappa shape index (κ3) is 43.2. The molecule has 16 atom stereocenters. The molecule has 2 aromatic heterocycles. The molecule has 0 spiro atoms. The second-order valence-electron chi connectivity index (χ2n) is 34.5. The van der Waals surface area contributed by atoms with Gasteiger partial charge < -0.3 is 115 Å². The first-order valence-corrected chi connectivity index (χ1v) is 41.6. The van der Waals surface area contributed by atoms with E-state index < -0.39 is 87.5 Å². The third-order valence-electron chi connectivity index (χ3n) is 20.3. The highest BCUT2D eigenvalue weighted by Crippen LogP contribution is 2.32. The van der Waals surface area contributed by atoms with Gasteiger partial charge >= 0.3 is 47.9 Å². The van der Waals surface area contributed by atoms with Crippen molar-refractivity contribution in [2.45, 2.75) is 357 Å². The minimum absolute atomic E-state index is 0. The van der Waals surface area contributed by atoms with Crippen LogP contribution < -0.4 is 49.7 Å². The zero-order valence-corrected chi connectivity index (χ0v) is 76.3. The van der Waals surface area contributed by atoms with E-state index in [0.29, 0.717) is 37.1 Å². The van der Waals surface area contributed by atoms with Crippen LogP contribution in [0.3, 0.4) is 0 Å². The highest BCUT2D eigenvalue weighted by Gasteiger charge is 2.36. The lowest BCUT2D eigenvalue weighted by molar-refractivity contribution is -0.384. The highest BCUT2D eigenvalue weighted by atomic mass is 35.5. The number of carbonyl (C=O) groups is 7. The largest absolute Gasteiger partial charge is 0.465 e. The number of pyridine rings is 1. The summed E-state index contributed by atoms with van der Waals surface area (Å²) in [5.41, 5.74) is 13.9. The number of nitro benzene ring substituents is 1. The predicted molar refractivity (Wildman–Crippen MR) is 463 cm³/mol. The van der Waals surface area contributed by atoms with Gasteiger partial charge in [0, 0.05) is 64.9 Å². The molecule has 0 radical (unpaired) electrons. The molecule has 3 aromatic rings. The fourth-order valence-electron chi connectivity index (χ4n) is 14.2. The fourth-order valence-corrected chi connectivity index (χ4v) is 14.2. The molecule has 0 saturated heterocycles. The molecule has 0 bridgehead atoms. The molecular formula is C85H143Cl2N9O26. The summed E-state index contributed by atoms with van der Waals surface area (Å²) in [4.78, 5) is 114. The van der Waals surface area contributed by atoms with E-state index in [1.165, 1.54) is 75.8 Å². The average molecular weight is 1780 g/mol. The summed E-state index contributed by atoms with van der Waals surface area (Å²) in [6.07, 6.45) is 23.8. The molecule has 13 N–H and O–H groups in total. The number of methoxy groups -OCH3 is 6. The van der Waals surface area contributed by atoms with Gasteiger partial charge in [0.25, 0.3) is 11.2 Å². The summed E-state index contributed by atoms with van der Waals surface area (Å²) in [6, 6.07) is 11.4. The maximum atomic E-state index is 12.2. The van der Waals surface area contributed by atoms with Crippen LogP contribution in [-0.4, -0.2) is 223 Å². The van der Waals surface area contributed by atoms with Gasteiger partial charge in [-0.2, -0.15) is 0 Å². The Kier molecular flexibility index (Phi) is 51.7. The topological polar surface area (TPSA) is 503 Å². The lowest BCUT2D eigenvalue weighted by Gasteiger charge is -2.24. The van der Waals surface area contributed by atoms with E-state index >= 15 is 0 Å². The number of carbonyl (C=O) groups excluding carboxylic acids is 7. The van der Waals surface area contributed by atoms with Gasteiger partial charge in [-0.1, -0.05) is 0 Å². The Labute approximate surface area is 730 Å². The molecule has 4 amide bonds. The van der Waals surface area contributed by atoms with Crippen molar-refractivity contribution in [2.24, 2.45) is 17.2 Å². The SMILES string of the molecule is CC(C)(C)OC(=O)N[C@H]1CCC[C@@H]1O.CC(C)(C)OC(=O)N[C@H]1CCC[C@H]1O.CC(C)(C)OC(=O)N[C@H]1CCC[C@H]1OC(=O)c1ccc([N+](=O)[O-])cc1.COC(=O)c1cccn(C2CCC[C@H]2OC)c1=O.COC(=O)c1cccoc1=O.CO[C@@H]1CCC[C@@H]1N.CO[C@@H]1CCC[C@@H]1N.CO[C@@H]1CCC[C@@H]1NC(=O)OC(C)(C)C.Cl.Cl.N[C@H]1CCC[C@@H]1O. The van der Waals surface area contributed by atoms with Crippen LogP contribution in [0.5, 0.6) is 0 Å². The van der Waals surface area contributed by atoms with Crippen LogP contribution in [0.25, 0.3) is 0 Å². The first-order valence-electron chi connectivity index (χ1n) is 41.6. The van der Waals surface area contributed by atoms with Crippen LogP contribution in [0.2, 0.25) is 0 Å². The molecule has 8 saturated carbocycles.